The number of methoxy groups -OCH3 is 2. The van der Waals surface area contributed by atoms with E-state index in [4.69, 9.17) is 0 Å². The SMILES string of the molecule is COC(=O)c1cc(NC(=O)CN2CCN(S(C)(=O)=O)CC2)cc(C(=O)OC)c1. The number of ether oxygens (including phenoxy) is 2. The van der Waals surface area contributed by atoms with Gasteiger partial charge in [0.15, 0.2) is 0 Å². The summed E-state index contributed by atoms with van der Waals surface area (Å²) in [6, 6.07) is 4.12. The molecule has 1 fully saturated rings. The van der Waals surface area contributed by atoms with Gasteiger partial charge in [0.1, 0.15) is 0 Å². The molecule has 28 heavy (non-hydrogen) atoms. The number of esters is 2. The number of sulfonamides is 1. The second kappa shape index (κ2) is 9.13. The Kier molecular flexibility index (Phi) is 7.11. The first-order valence-electron chi connectivity index (χ1n) is 8.43. The Morgan fingerprint density at radius 2 is 1.46 bits per heavy atom. The van der Waals surface area contributed by atoms with E-state index in [1.54, 1.807) is 0 Å². The highest BCUT2D eigenvalue weighted by molar-refractivity contribution is 7.88. The lowest BCUT2D eigenvalue weighted by atomic mass is 10.1. The van der Waals surface area contributed by atoms with Crippen LogP contribution in [0.25, 0.3) is 0 Å². The summed E-state index contributed by atoms with van der Waals surface area (Å²) >= 11 is 0. The molecule has 1 aromatic carbocycles. The van der Waals surface area contributed by atoms with E-state index in [0.717, 1.165) is 6.26 Å². The standard InChI is InChI=1S/C17H23N3O7S/c1-26-16(22)12-8-13(17(23)27-2)10-14(9-12)18-15(21)11-19-4-6-20(7-5-19)28(3,24)25/h8-10H,4-7,11H2,1-3H3,(H,18,21). The zero-order valence-electron chi connectivity index (χ0n) is 15.9. The lowest BCUT2D eigenvalue weighted by molar-refractivity contribution is -0.117. The first-order valence-corrected chi connectivity index (χ1v) is 10.3. The fourth-order valence-corrected chi connectivity index (χ4v) is 3.62. The van der Waals surface area contributed by atoms with Crippen LogP contribution in [0.5, 0.6) is 0 Å². The van der Waals surface area contributed by atoms with E-state index < -0.39 is 22.0 Å². The molecule has 1 aliphatic heterocycles. The predicted molar refractivity (Wildman–Crippen MR) is 101 cm³/mol. The molecule has 1 N–H and O–H groups in total. The fraction of sp³-hybridized carbons (Fsp3) is 0.471. The fourth-order valence-electron chi connectivity index (χ4n) is 2.79. The van der Waals surface area contributed by atoms with Crippen molar-refractivity contribution in [1.29, 1.82) is 0 Å². The summed E-state index contributed by atoms with van der Waals surface area (Å²) in [6.07, 6.45) is 1.16. The van der Waals surface area contributed by atoms with E-state index in [1.807, 2.05) is 4.90 Å². The van der Waals surface area contributed by atoms with Crippen molar-refractivity contribution in [2.24, 2.45) is 0 Å². The molecule has 0 atom stereocenters. The highest BCUT2D eigenvalue weighted by Gasteiger charge is 2.24. The van der Waals surface area contributed by atoms with Crippen LogP contribution in [-0.2, 0) is 24.3 Å². The third kappa shape index (κ3) is 5.75. The average Bonchev–Trinajstić information content (AvgIpc) is 2.65. The van der Waals surface area contributed by atoms with Crippen LogP contribution in [0, 0.1) is 0 Å². The maximum Gasteiger partial charge on any atom is 0.337 e. The Labute approximate surface area is 163 Å². The summed E-state index contributed by atoms with van der Waals surface area (Å²) in [5.74, 6) is -1.66. The van der Waals surface area contributed by atoms with Gasteiger partial charge in [0.05, 0.1) is 38.1 Å². The summed E-state index contributed by atoms with van der Waals surface area (Å²) in [7, 11) is -0.819. The molecular formula is C17H23N3O7S. The lowest BCUT2D eigenvalue weighted by Crippen LogP contribution is -2.50. The molecule has 0 radical (unpaired) electrons. The topological polar surface area (TPSA) is 122 Å². The van der Waals surface area contributed by atoms with Crippen LogP contribution in [-0.4, -0.2) is 88.7 Å². The minimum absolute atomic E-state index is 0.0492. The third-order valence-corrected chi connectivity index (χ3v) is 5.53. The van der Waals surface area contributed by atoms with Crippen molar-refractivity contribution in [2.45, 2.75) is 0 Å². The second-order valence-electron chi connectivity index (χ2n) is 6.27. The van der Waals surface area contributed by atoms with Gasteiger partial charge in [-0.2, -0.15) is 4.31 Å². The molecule has 1 aromatic rings. The molecule has 1 aliphatic rings. The number of piperazine rings is 1. The van der Waals surface area contributed by atoms with Crippen molar-refractivity contribution in [3.63, 3.8) is 0 Å². The highest BCUT2D eigenvalue weighted by atomic mass is 32.2. The van der Waals surface area contributed by atoms with Crippen molar-refractivity contribution in [3.05, 3.63) is 29.3 Å². The number of hydrogen-bond acceptors (Lipinski definition) is 8. The molecule has 11 heteroatoms. The van der Waals surface area contributed by atoms with Gasteiger partial charge in [-0.15, -0.1) is 0 Å². The molecule has 0 spiro atoms. The van der Waals surface area contributed by atoms with E-state index in [1.165, 1.54) is 36.7 Å². The lowest BCUT2D eigenvalue weighted by Gasteiger charge is -2.32. The molecule has 1 heterocycles. The van der Waals surface area contributed by atoms with Crippen LogP contribution < -0.4 is 5.32 Å². The van der Waals surface area contributed by atoms with Crippen LogP contribution in [0.3, 0.4) is 0 Å². The van der Waals surface area contributed by atoms with Crippen molar-refractivity contribution < 1.29 is 32.3 Å². The van der Waals surface area contributed by atoms with Crippen molar-refractivity contribution >= 4 is 33.6 Å². The number of carbonyl (C=O) groups is 3. The summed E-state index contributed by atoms with van der Waals surface area (Å²) in [5, 5.41) is 2.64. The average molecular weight is 413 g/mol. The minimum atomic E-state index is -3.24. The largest absolute Gasteiger partial charge is 0.465 e. The number of rotatable bonds is 6. The van der Waals surface area contributed by atoms with Crippen LogP contribution in [0.15, 0.2) is 18.2 Å². The second-order valence-corrected chi connectivity index (χ2v) is 8.25. The van der Waals surface area contributed by atoms with Crippen LogP contribution >= 0.6 is 0 Å². The highest BCUT2D eigenvalue weighted by Crippen LogP contribution is 2.17. The molecule has 2 rings (SSSR count). The van der Waals surface area contributed by atoms with Gasteiger partial charge in [0.25, 0.3) is 0 Å². The predicted octanol–water partition coefficient (Wildman–Crippen LogP) is -0.224. The number of benzene rings is 1. The van der Waals surface area contributed by atoms with E-state index >= 15 is 0 Å². The number of hydrogen-bond donors (Lipinski definition) is 1. The van der Waals surface area contributed by atoms with Gasteiger partial charge in [-0.05, 0) is 18.2 Å². The maximum atomic E-state index is 12.3. The van der Waals surface area contributed by atoms with Crippen molar-refractivity contribution in [2.75, 3.05) is 58.5 Å². The van der Waals surface area contributed by atoms with E-state index in [-0.39, 0.29) is 29.3 Å². The van der Waals surface area contributed by atoms with Gasteiger partial charge in [0.2, 0.25) is 15.9 Å². The first kappa shape index (κ1) is 21.8. The van der Waals surface area contributed by atoms with Crippen LogP contribution in [0.4, 0.5) is 5.69 Å². The van der Waals surface area contributed by atoms with Gasteiger partial charge in [0, 0.05) is 31.9 Å². The van der Waals surface area contributed by atoms with E-state index in [9.17, 15) is 22.8 Å². The van der Waals surface area contributed by atoms with E-state index in [2.05, 4.69) is 14.8 Å². The van der Waals surface area contributed by atoms with Gasteiger partial charge in [-0.25, -0.2) is 18.0 Å². The molecule has 0 aliphatic carbocycles. The molecule has 0 aromatic heterocycles. The maximum absolute atomic E-state index is 12.3. The molecular weight excluding hydrogens is 390 g/mol. The third-order valence-electron chi connectivity index (χ3n) is 4.23. The molecule has 154 valence electrons. The number of carbonyl (C=O) groups excluding carboxylic acids is 3. The summed E-state index contributed by atoms with van der Waals surface area (Å²) in [6.45, 7) is 1.53. The van der Waals surface area contributed by atoms with Gasteiger partial charge < -0.3 is 14.8 Å². The molecule has 10 nitrogen and oxygen atoms in total. The Morgan fingerprint density at radius 1 is 0.964 bits per heavy atom. The number of amides is 1. The Balaban J connectivity index is 2.05. The number of nitrogens with one attached hydrogen (secondary N) is 1. The first-order chi connectivity index (χ1) is 13.1. The molecule has 1 saturated heterocycles. The molecule has 0 saturated carbocycles. The van der Waals surface area contributed by atoms with Crippen molar-refractivity contribution in [1.82, 2.24) is 9.21 Å². The zero-order valence-corrected chi connectivity index (χ0v) is 16.7. The Morgan fingerprint density at radius 3 is 1.89 bits per heavy atom. The zero-order chi connectivity index (χ0) is 20.9. The Bertz CT molecular complexity index is 827. The van der Waals surface area contributed by atoms with Crippen LogP contribution in [0.2, 0.25) is 0 Å². The monoisotopic (exact) mass is 413 g/mol. The summed E-state index contributed by atoms with van der Waals surface area (Å²) in [4.78, 5) is 37.8. The van der Waals surface area contributed by atoms with Gasteiger partial charge >= 0.3 is 11.9 Å². The van der Waals surface area contributed by atoms with Gasteiger partial charge in [-0.1, -0.05) is 0 Å². The summed E-state index contributed by atoms with van der Waals surface area (Å²) < 4.78 is 33.7. The number of nitrogens with zero attached hydrogens (tertiary/aromatic N) is 2. The normalized spacial score (nSPS) is 15.7. The quantitative estimate of drug-likeness (QED) is 0.635. The minimum Gasteiger partial charge on any atom is -0.465 e. The molecule has 1 amide bonds. The van der Waals surface area contributed by atoms with E-state index in [0.29, 0.717) is 26.2 Å². The smallest absolute Gasteiger partial charge is 0.337 e. The molecule has 0 unspecified atom stereocenters. The van der Waals surface area contributed by atoms with Crippen molar-refractivity contribution in [3.8, 4) is 0 Å². The van der Waals surface area contributed by atoms with Gasteiger partial charge in [-0.3, -0.25) is 9.69 Å². The number of anilines is 1. The Hall–Kier alpha value is -2.50. The van der Waals surface area contributed by atoms with Crippen LogP contribution in [0.1, 0.15) is 20.7 Å². The molecule has 0 bridgehead atoms. The summed E-state index contributed by atoms with van der Waals surface area (Å²) in [5.41, 5.74) is 0.452.